The van der Waals surface area contributed by atoms with Crippen molar-refractivity contribution in [3.05, 3.63) is 0 Å². The van der Waals surface area contributed by atoms with E-state index in [1.165, 1.54) is 0 Å². The summed E-state index contributed by atoms with van der Waals surface area (Å²) in [5, 5.41) is 11.3. The molecule has 0 spiro atoms. The van der Waals surface area contributed by atoms with E-state index >= 15 is 0 Å². The Balaban J connectivity index is 3.46. The Morgan fingerprint density at radius 3 is 1.82 bits per heavy atom. The average Bonchev–Trinajstić information content (AvgIpc) is 2.81. The molecule has 6 nitrogen and oxygen atoms in total. The zero-order chi connectivity index (χ0) is 26.4. The maximum atomic E-state index is 14.5. The van der Waals surface area contributed by atoms with Gasteiger partial charge in [0.2, 0.25) is 6.43 Å². The zero-order valence-electron chi connectivity index (χ0n) is 22.9. The summed E-state index contributed by atoms with van der Waals surface area (Å²) in [5.74, 6) is -1.62. The molecule has 0 aromatic heterocycles. The van der Waals surface area contributed by atoms with Crippen molar-refractivity contribution in [3.63, 3.8) is 0 Å². The minimum absolute atomic E-state index is 0.187. The van der Waals surface area contributed by atoms with Gasteiger partial charge in [0.25, 0.3) is 0 Å². The molecule has 1 saturated heterocycles. The molecule has 1 aliphatic heterocycles. The topological polar surface area (TPSA) is 68.2 Å². The average molecular weight is 512 g/mol. The van der Waals surface area contributed by atoms with E-state index in [9.17, 15) is 18.7 Å². The van der Waals surface area contributed by atoms with E-state index in [4.69, 9.17) is 13.6 Å². The number of hydrogen-bond donors (Lipinski definition) is 1. The summed E-state index contributed by atoms with van der Waals surface area (Å²) in [6.07, 6.45) is -4.80. The number of likely N-dealkylation sites (tertiary alicyclic amines) is 1. The molecule has 0 aliphatic carbocycles. The van der Waals surface area contributed by atoms with Gasteiger partial charge in [-0.3, -0.25) is 4.90 Å². The van der Waals surface area contributed by atoms with Crippen molar-refractivity contribution in [1.29, 1.82) is 0 Å². The normalized spacial score (nSPS) is 25.7. The van der Waals surface area contributed by atoms with Crippen LogP contribution in [-0.4, -0.2) is 69.7 Å². The number of halogens is 2. The maximum absolute atomic E-state index is 14.5. The molecular formula is C23H47F2NO5Si2. The lowest BCUT2D eigenvalue weighted by Gasteiger charge is -2.43. The summed E-state index contributed by atoms with van der Waals surface area (Å²) < 4.78 is 47.1. The summed E-state index contributed by atoms with van der Waals surface area (Å²) in [6.45, 7) is 24.5. The molecule has 0 unspecified atom stereocenters. The lowest BCUT2D eigenvalue weighted by Crippen LogP contribution is -2.59. The summed E-state index contributed by atoms with van der Waals surface area (Å²) in [5.41, 5.74) is -3.10. The maximum Gasteiger partial charge on any atom is 0.412 e. The van der Waals surface area contributed by atoms with Gasteiger partial charge in [-0.15, -0.1) is 0 Å². The molecule has 1 rings (SSSR count). The number of hydrogen-bond acceptors (Lipinski definition) is 5. The molecule has 1 aliphatic rings. The molecule has 196 valence electrons. The Morgan fingerprint density at radius 2 is 1.45 bits per heavy atom. The lowest BCUT2D eigenvalue weighted by atomic mass is 9.95. The van der Waals surface area contributed by atoms with Crippen molar-refractivity contribution < 1.29 is 32.3 Å². The lowest BCUT2D eigenvalue weighted by molar-refractivity contribution is -0.167. The Labute approximate surface area is 201 Å². The van der Waals surface area contributed by atoms with Crippen LogP contribution in [0.2, 0.25) is 36.3 Å². The summed E-state index contributed by atoms with van der Waals surface area (Å²) in [6, 6.07) is 0. The standard InChI is InChI=1S/C23H47F2NO5Si2/c1-20(2,3)30-19(27)26-14-16(31-33(12,13)22(7,8)9)17(18(24)25)23(26,28)15-29-32(10,11)21(4,5)6/h16-18,28H,14-15H2,1-13H3/t16-,17+,23-/m0/s1. The van der Waals surface area contributed by atoms with Gasteiger partial charge in [0, 0.05) is 0 Å². The van der Waals surface area contributed by atoms with Crippen LogP contribution in [0.15, 0.2) is 0 Å². The smallest absolute Gasteiger partial charge is 0.412 e. The summed E-state index contributed by atoms with van der Waals surface area (Å²) in [4.78, 5) is 14.1. The predicted molar refractivity (Wildman–Crippen MR) is 133 cm³/mol. The highest BCUT2D eigenvalue weighted by Gasteiger charge is 2.62. The molecule has 0 saturated carbocycles. The van der Waals surface area contributed by atoms with Crippen LogP contribution in [0.3, 0.4) is 0 Å². The summed E-state index contributed by atoms with van der Waals surface area (Å²) >= 11 is 0. The van der Waals surface area contributed by atoms with Crippen molar-refractivity contribution >= 4 is 22.7 Å². The summed E-state index contributed by atoms with van der Waals surface area (Å²) in [7, 11) is -4.89. The molecule has 1 amide bonds. The van der Waals surface area contributed by atoms with Crippen molar-refractivity contribution in [2.24, 2.45) is 5.92 Å². The number of aliphatic hydroxyl groups is 1. The second kappa shape index (κ2) is 9.48. The van der Waals surface area contributed by atoms with Gasteiger partial charge in [0.15, 0.2) is 22.4 Å². The van der Waals surface area contributed by atoms with E-state index in [1.54, 1.807) is 20.8 Å². The van der Waals surface area contributed by atoms with E-state index in [-0.39, 0.29) is 16.6 Å². The van der Waals surface area contributed by atoms with Crippen LogP contribution in [0.1, 0.15) is 62.3 Å². The highest BCUT2D eigenvalue weighted by atomic mass is 28.4. The highest BCUT2D eigenvalue weighted by Crippen LogP contribution is 2.46. The van der Waals surface area contributed by atoms with Gasteiger partial charge >= 0.3 is 6.09 Å². The van der Waals surface area contributed by atoms with Crippen LogP contribution in [0.25, 0.3) is 0 Å². The number of amides is 1. The molecule has 3 atom stereocenters. The quantitative estimate of drug-likeness (QED) is 0.429. The van der Waals surface area contributed by atoms with Gasteiger partial charge in [0.1, 0.15) is 5.60 Å². The molecule has 0 radical (unpaired) electrons. The second-order valence-electron chi connectivity index (χ2n) is 13.3. The van der Waals surface area contributed by atoms with Gasteiger partial charge in [0.05, 0.1) is 25.2 Å². The van der Waals surface area contributed by atoms with E-state index in [0.717, 1.165) is 4.90 Å². The van der Waals surface area contributed by atoms with Crippen molar-refractivity contribution in [3.8, 4) is 0 Å². The SMILES string of the molecule is CC(C)(C)OC(=O)N1C[C@H](O[Si](C)(C)C(C)(C)C)[C@H](C(F)F)[C@@]1(O)CO[Si](C)(C)C(C)(C)C. The molecule has 10 heteroatoms. The molecule has 33 heavy (non-hydrogen) atoms. The first kappa shape index (κ1) is 30.5. The van der Waals surface area contributed by atoms with E-state index in [2.05, 4.69) is 0 Å². The molecule has 1 N–H and O–H groups in total. The number of alkyl halides is 2. The predicted octanol–water partition coefficient (Wildman–Crippen LogP) is 6.22. The Hall–Kier alpha value is -0.556. The van der Waals surface area contributed by atoms with Crippen LogP contribution in [0.4, 0.5) is 13.6 Å². The van der Waals surface area contributed by atoms with Crippen LogP contribution in [-0.2, 0) is 13.6 Å². The third-order valence-electron chi connectivity index (χ3n) is 7.35. The van der Waals surface area contributed by atoms with Gasteiger partial charge in [-0.2, -0.15) is 0 Å². The van der Waals surface area contributed by atoms with E-state index in [1.807, 2.05) is 67.7 Å². The molecular weight excluding hydrogens is 464 g/mol. The van der Waals surface area contributed by atoms with Crippen LogP contribution in [0.5, 0.6) is 0 Å². The first-order chi connectivity index (χ1) is 14.4. The first-order valence-corrected chi connectivity index (χ1v) is 17.5. The van der Waals surface area contributed by atoms with Crippen LogP contribution >= 0.6 is 0 Å². The van der Waals surface area contributed by atoms with Crippen LogP contribution in [0, 0.1) is 5.92 Å². The molecule has 0 bridgehead atoms. The third-order valence-corrected chi connectivity index (χ3v) is 16.3. The largest absolute Gasteiger partial charge is 0.444 e. The number of nitrogens with zero attached hydrogens (tertiary/aromatic N) is 1. The monoisotopic (exact) mass is 511 g/mol. The van der Waals surface area contributed by atoms with Crippen molar-refractivity contribution in [1.82, 2.24) is 4.90 Å². The number of carbonyl (C=O) groups excluding carboxylic acids is 1. The molecule has 0 aromatic carbocycles. The number of rotatable bonds is 6. The fraction of sp³-hybridized carbons (Fsp3) is 0.957. The fourth-order valence-corrected chi connectivity index (χ4v) is 5.52. The van der Waals surface area contributed by atoms with Gasteiger partial charge in [-0.1, -0.05) is 41.5 Å². The zero-order valence-corrected chi connectivity index (χ0v) is 24.9. The minimum atomic E-state index is -2.92. The first-order valence-electron chi connectivity index (χ1n) is 11.7. The number of carbonyl (C=O) groups is 1. The van der Waals surface area contributed by atoms with E-state index in [0.29, 0.717) is 0 Å². The highest BCUT2D eigenvalue weighted by molar-refractivity contribution is 6.74. The van der Waals surface area contributed by atoms with E-state index < -0.39 is 59.1 Å². The van der Waals surface area contributed by atoms with Crippen molar-refractivity contribution in [2.75, 3.05) is 13.2 Å². The molecule has 1 fully saturated rings. The minimum Gasteiger partial charge on any atom is -0.444 e. The Morgan fingerprint density at radius 1 is 1.00 bits per heavy atom. The molecule has 0 aromatic rings. The Kier molecular flexibility index (Phi) is 8.75. The molecule has 1 heterocycles. The second-order valence-corrected chi connectivity index (χ2v) is 22.9. The number of ether oxygens (including phenoxy) is 1. The fourth-order valence-electron chi connectivity index (χ4n) is 3.19. The van der Waals surface area contributed by atoms with Crippen LogP contribution < -0.4 is 0 Å². The van der Waals surface area contributed by atoms with Gasteiger partial charge < -0.3 is 18.7 Å². The van der Waals surface area contributed by atoms with Gasteiger partial charge in [-0.05, 0) is 57.0 Å². The van der Waals surface area contributed by atoms with Crippen molar-refractivity contribution in [2.45, 2.75) is 122 Å². The Bertz CT molecular complexity index is 698. The van der Waals surface area contributed by atoms with Gasteiger partial charge in [-0.25, -0.2) is 13.6 Å². The third kappa shape index (κ3) is 6.99.